The monoisotopic (exact) mass is 333 g/mol. The molecule has 3 aromatic rings. The lowest BCUT2D eigenvalue weighted by molar-refractivity contribution is 0.204. The molecule has 0 N–H and O–H groups in total. The van der Waals surface area contributed by atoms with Gasteiger partial charge in [0.1, 0.15) is 11.8 Å². The van der Waals surface area contributed by atoms with Gasteiger partial charge in [-0.15, -0.1) is 0 Å². The lowest BCUT2D eigenvalue weighted by atomic mass is 10.1. The van der Waals surface area contributed by atoms with Gasteiger partial charge in [0.2, 0.25) is 0 Å². The summed E-state index contributed by atoms with van der Waals surface area (Å²) in [7, 11) is 0. The quantitative estimate of drug-likeness (QED) is 0.708. The van der Waals surface area contributed by atoms with Crippen molar-refractivity contribution in [2.24, 2.45) is 0 Å². The van der Waals surface area contributed by atoms with Gasteiger partial charge in [0.15, 0.2) is 11.6 Å². The van der Waals surface area contributed by atoms with Crippen LogP contribution in [-0.2, 0) is 0 Å². The molecule has 126 valence electrons. The highest BCUT2D eigenvalue weighted by Crippen LogP contribution is 2.31. The zero-order chi connectivity index (χ0) is 17.2. The Bertz CT molecular complexity index is 897. The van der Waals surface area contributed by atoms with Crippen LogP contribution in [0.1, 0.15) is 18.9 Å². The number of aryl methyl sites for hydroxylation is 1. The Morgan fingerprint density at radius 2 is 1.88 bits per heavy atom. The summed E-state index contributed by atoms with van der Waals surface area (Å²) in [5.41, 5.74) is 3.83. The summed E-state index contributed by atoms with van der Waals surface area (Å²) in [4.78, 5) is 13.7. The number of fused-ring (bicyclic) bond motifs is 1. The van der Waals surface area contributed by atoms with E-state index < -0.39 is 0 Å². The van der Waals surface area contributed by atoms with Gasteiger partial charge in [-0.05, 0) is 25.5 Å². The minimum atomic E-state index is 0.0647. The number of hydrogen-bond donors (Lipinski definition) is 0. The second kappa shape index (κ2) is 6.51. The van der Waals surface area contributed by atoms with Crippen LogP contribution in [0, 0.1) is 6.92 Å². The fourth-order valence-corrected chi connectivity index (χ4v) is 2.79. The smallest absolute Gasteiger partial charge is 0.261 e. The second-order valence-electron chi connectivity index (χ2n) is 6.16. The van der Waals surface area contributed by atoms with Crippen molar-refractivity contribution in [3.63, 3.8) is 0 Å². The van der Waals surface area contributed by atoms with Crippen LogP contribution in [0.4, 0.5) is 0 Å². The molecular weight excluding hydrogens is 314 g/mol. The predicted molar refractivity (Wildman–Crippen MR) is 95.6 cm³/mol. The maximum absolute atomic E-state index is 5.85. The van der Waals surface area contributed by atoms with Crippen LogP contribution in [0.25, 0.3) is 22.8 Å². The van der Waals surface area contributed by atoms with E-state index in [4.69, 9.17) is 14.5 Å². The van der Waals surface area contributed by atoms with Gasteiger partial charge in [0, 0.05) is 12.0 Å². The van der Waals surface area contributed by atoms with Crippen molar-refractivity contribution in [2.45, 2.75) is 26.4 Å². The summed E-state index contributed by atoms with van der Waals surface area (Å²) in [5.74, 6) is 1.61. The molecule has 1 aromatic carbocycles. The summed E-state index contributed by atoms with van der Waals surface area (Å²) in [5, 5.41) is 0. The average molecular weight is 333 g/mol. The second-order valence-corrected chi connectivity index (χ2v) is 6.16. The fourth-order valence-electron chi connectivity index (χ4n) is 2.79. The summed E-state index contributed by atoms with van der Waals surface area (Å²) in [6.45, 7) is 4.67. The number of hydrogen-bond acceptors (Lipinski definition) is 5. The average Bonchev–Trinajstić information content (AvgIpc) is 2.82. The number of benzene rings is 1. The lowest BCUT2D eigenvalue weighted by Gasteiger charge is -2.11. The van der Waals surface area contributed by atoms with Crippen molar-refractivity contribution in [1.82, 2.24) is 15.0 Å². The highest BCUT2D eigenvalue weighted by atomic mass is 16.5. The molecule has 4 rings (SSSR count). The van der Waals surface area contributed by atoms with Crippen molar-refractivity contribution >= 4 is 0 Å². The third-order valence-corrected chi connectivity index (χ3v) is 4.19. The van der Waals surface area contributed by atoms with E-state index >= 15 is 0 Å². The predicted octanol–water partition coefficient (Wildman–Crippen LogP) is 4.06. The molecule has 0 fully saturated rings. The Morgan fingerprint density at radius 3 is 2.72 bits per heavy atom. The molecule has 1 unspecified atom stereocenters. The van der Waals surface area contributed by atoms with Crippen molar-refractivity contribution in [3.05, 3.63) is 54.2 Å². The Morgan fingerprint density at radius 1 is 1.04 bits per heavy atom. The molecule has 3 heterocycles. The Labute approximate surface area is 146 Å². The Kier molecular flexibility index (Phi) is 4.06. The zero-order valence-corrected chi connectivity index (χ0v) is 14.3. The first kappa shape index (κ1) is 15.6. The van der Waals surface area contributed by atoms with E-state index in [-0.39, 0.29) is 6.10 Å². The first-order valence-electron chi connectivity index (χ1n) is 8.40. The van der Waals surface area contributed by atoms with Crippen LogP contribution < -0.4 is 9.47 Å². The topological polar surface area (TPSA) is 57.1 Å². The van der Waals surface area contributed by atoms with Crippen molar-refractivity contribution in [1.29, 1.82) is 0 Å². The minimum Gasteiger partial charge on any atom is -0.487 e. The maximum atomic E-state index is 5.85. The fraction of sp³-hybridized carbons (Fsp3) is 0.250. The number of aromatic nitrogens is 3. The molecule has 0 bridgehead atoms. The van der Waals surface area contributed by atoms with E-state index in [1.165, 1.54) is 0 Å². The molecule has 0 saturated carbocycles. The standard InChI is InChI=1S/C20H19N3O2/c1-13-8-9-16(22-18(13)15-6-4-3-5-7-15)19-21-12-17-20(23-19)25-14(2)10-11-24-17/h3-9,12,14H,10-11H2,1-2H3. The van der Waals surface area contributed by atoms with Gasteiger partial charge in [-0.1, -0.05) is 36.4 Å². The number of nitrogens with zero attached hydrogens (tertiary/aromatic N) is 3. The molecule has 1 atom stereocenters. The van der Waals surface area contributed by atoms with E-state index in [1.807, 2.05) is 37.3 Å². The molecule has 0 aliphatic carbocycles. The van der Waals surface area contributed by atoms with Gasteiger partial charge < -0.3 is 9.47 Å². The number of rotatable bonds is 2. The molecule has 1 aliphatic heterocycles. The summed E-state index contributed by atoms with van der Waals surface area (Å²) in [6.07, 6.45) is 2.56. The maximum Gasteiger partial charge on any atom is 0.261 e. The zero-order valence-electron chi connectivity index (χ0n) is 14.3. The third-order valence-electron chi connectivity index (χ3n) is 4.19. The van der Waals surface area contributed by atoms with Crippen molar-refractivity contribution in [3.8, 4) is 34.4 Å². The van der Waals surface area contributed by atoms with Crippen molar-refractivity contribution in [2.75, 3.05) is 6.61 Å². The summed E-state index contributed by atoms with van der Waals surface area (Å²) >= 11 is 0. The third kappa shape index (κ3) is 3.18. The highest BCUT2D eigenvalue weighted by molar-refractivity contribution is 5.66. The van der Waals surface area contributed by atoms with E-state index in [0.29, 0.717) is 29.8 Å². The molecule has 1 aliphatic rings. The Balaban J connectivity index is 1.76. The van der Waals surface area contributed by atoms with Crippen LogP contribution >= 0.6 is 0 Å². The van der Waals surface area contributed by atoms with Gasteiger partial charge >= 0.3 is 0 Å². The molecule has 5 nitrogen and oxygen atoms in total. The summed E-state index contributed by atoms with van der Waals surface area (Å²) in [6, 6.07) is 14.1. The van der Waals surface area contributed by atoms with E-state index in [0.717, 1.165) is 23.2 Å². The molecule has 0 spiro atoms. The molecule has 0 radical (unpaired) electrons. The normalized spacial score (nSPS) is 16.3. The number of ether oxygens (including phenoxy) is 2. The first-order chi connectivity index (χ1) is 12.2. The van der Waals surface area contributed by atoms with Crippen LogP contribution in [0.2, 0.25) is 0 Å². The van der Waals surface area contributed by atoms with Crippen LogP contribution in [0.5, 0.6) is 11.6 Å². The van der Waals surface area contributed by atoms with Gasteiger partial charge in [-0.25, -0.2) is 9.97 Å². The van der Waals surface area contributed by atoms with E-state index in [9.17, 15) is 0 Å². The summed E-state index contributed by atoms with van der Waals surface area (Å²) < 4.78 is 11.5. The van der Waals surface area contributed by atoms with Gasteiger partial charge in [0.25, 0.3) is 5.88 Å². The molecule has 0 amide bonds. The highest BCUT2D eigenvalue weighted by Gasteiger charge is 2.19. The molecule has 25 heavy (non-hydrogen) atoms. The van der Waals surface area contributed by atoms with Crippen molar-refractivity contribution < 1.29 is 9.47 Å². The molecule has 5 heteroatoms. The van der Waals surface area contributed by atoms with Gasteiger partial charge in [0.05, 0.1) is 18.5 Å². The molecule has 2 aromatic heterocycles. The molecule has 0 saturated heterocycles. The number of pyridine rings is 1. The van der Waals surface area contributed by atoms with Crippen LogP contribution in [-0.4, -0.2) is 27.7 Å². The largest absolute Gasteiger partial charge is 0.487 e. The van der Waals surface area contributed by atoms with Crippen LogP contribution in [0.15, 0.2) is 48.7 Å². The minimum absolute atomic E-state index is 0.0647. The van der Waals surface area contributed by atoms with Gasteiger partial charge in [-0.3, -0.25) is 0 Å². The first-order valence-corrected chi connectivity index (χ1v) is 8.40. The lowest BCUT2D eigenvalue weighted by Crippen LogP contribution is -2.12. The Hall–Kier alpha value is -2.95. The van der Waals surface area contributed by atoms with Gasteiger partial charge in [-0.2, -0.15) is 4.98 Å². The van der Waals surface area contributed by atoms with E-state index in [1.54, 1.807) is 6.20 Å². The van der Waals surface area contributed by atoms with Crippen LogP contribution in [0.3, 0.4) is 0 Å². The molecular formula is C20H19N3O2. The van der Waals surface area contributed by atoms with E-state index in [2.05, 4.69) is 29.0 Å². The SMILES string of the molecule is Cc1ccc(-c2ncc3c(n2)OC(C)CCO3)nc1-c1ccccc1.